The second kappa shape index (κ2) is 5.38. The molecule has 0 spiro atoms. The summed E-state index contributed by atoms with van der Waals surface area (Å²) in [5, 5.41) is 11.6. The molecule has 0 heterocycles. The largest absolute Gasteiger partial charge is 0.478 e. The van der Waals surface area contributed by atoms with Crippen LogP contribution in [-0.4, -0.2) is 23.3 Å². The number of carbonyl (C=O) groups is 1. The van der Waals surface area contributed by atoms with Crippen LogP contribution in [-0.2, 0) is 0 Å². The fraction of sp³-hybridized carbons (Fsp3) is 0.417. The molecule has 0 aliphatic carbocycles. The van der Waals surface area contributed by atoms with Crippen molar-refractivity contribution < 1.29 is 23.1 Å². The third kappa shape index (κ3) is 4.35. The molecule has 1 unspecified atom stereocenters. The van der Waals surface area contributed by atoms with Crippen molar-refractivity contribution in [2.45, 2.75) is 32.5 Å². The molecule has 0 aromatic heterocycles. The Balaban J connectivity index is 2.94. The molecule has 0 saturated heterocycles. The number of halogens is 3. The van der Waals surface area contributed by atoms with Gasteiger partial charge in [0.1, 0.15) is 0 Å². The van der Waals surface area contributed by atoms with Crippen LogP contribution in [0.3, 0.4) is 0 Å². The number of carboxylic acids is 1. The number of nitrogen functional groups attached to an aromatic ring is 1. The summed E-state index contributed by atoms with van der Waals surface area (Å²) in [6.07, 6.45) is -5.27. The standard InChI is InChI=1S/C12H15F3N2O2/c1-6-3-8(4-9(10(6)16)11(18)19)17-7(2)5-12(13,14)15/h3-4,7,17H,5,16H2,1-2H3,(H,18,19). The zero-order valence-corrected chi connectivity index (χ0v) is 10.5. The number of carboxylic acid groups (broad SMARTS) is 1. The average Bonchev–Trinajstić information content (AvgIpc) is 2.19. The zero-order valence-electron chi connectivity index (χ0n) is 10.5. The lowest BCUT2D eigenvalue weighted by Crippen LogP contribution is -2.24. The number of nitrogens with one attached hydrogen (secondary N) is 1. The lowest BCUT2D eigenvalue weighted by Gasteiger charge is -2.18. The van der Waals surface area contributed by atoms with E-state index in [2.05, 4.69) is 5.32 Å². The molecule has 1 aromatic rings. The third-order valence-corrected chi connectivity index (χ3v) is 2.57. The van der Waals surface area contributed by atoms with Crippen LogP contribution in [0.5, 0.6) is 0 Å². The van der Waals surface area contributed by atoms with Crippen LogP contribution in [0.1, 0.15) is 29.3 Å². The Morgan fingerprint density at radius 1 is 1.47 bits per heavy atom. The summed E-state index contributed by atoms with van der Waals surface area (Å²) in [5.41, 5.74) is 6.39. The highest BCUT2D eigenvalue weighted by atomic mass is 19.4. The Bertz CT molecular complexity index is 487. The molecule has 0 fully saturated rings. The van der Waals surface area contributed by atoms with Gasteiger partial charge in [-0.2, -0.15) is 13.2 Å². The SMILES string of the molecule is Cc1cc(NC(C)CC(F)(F)F)cc(C(=O)O)c1N. The summed E-state index contributed by atoms with van der Waals surface area (Å²) in [4.78, 5) is 11.0. The Morgan fingerprint density at radius 3 is 2.53 bits per heavy atom. The van der Waals surface area contributed by atoms with E-state index in [-0.39, 0.29) is 11.3 Å². The maximum absolute atomic E-state index is 12.2. The van der Waals surface area contributed by atoms with E-state index in [9.17, 15) is 18.0 Å². The van der Waals surface area contributed by atoms with Crippen molar-refractivity contribution in [3.8, 4) is 0 Å². The van der Waals surface area contributed by atoms with E-state index in [1.54, 1.807) is 6.92 Å². The van der Waals surface area contributed by atoms with Crippen molar-refractivity contribution in [3.05, 3.63) is 23.3 Å². The summed E-state index contributed by atoms with van der Waals surface area (Å²) >= 11 is 0. The lowest BCUT2D eigenvalue weighted by atomic mass is 10.1. The van der Waals surface area contributed by atoms with Gasteiger partial charge < -0.3 is 16.2 Å². The van der Waals surface area contributed by atoms with E-state index in [0.717, 1.165) is 0 Å². The number of nitrogens with two attached hydrogens (primary N) is 1. The predicted molar refractivity (Wildman–Crippen MR) is 66.3 cm³/mol. The maximum Gasteiger partial charge on any atom is 0.391 e. The van der Waals surface area contributed by atoms with Gasteiger partial charge in [-0.3, -0.25) is 0 Å². The molecular weight excluding hydrogens is 261 g/mol. The van der Waals surface area contributed by atoms with Crippen molar-refractivity contribution in [3.63, 3.8) is 0 Å². The van der Waals surface area contributed by atoms with Gasteiger partial charge in [0.15, 0.2) is 0 Å². The molecule has 1 rings (SSSR count). The molecule has 4 N–H and O–H groups in total. The van der Waals surface area contributed by atoms with Gasteiger partial charge in [-0.15, -0.1) is 0 Å². The van der Waals surface area contributed by atoms with Crippen molar-refractivity contribution in [2.75, 3.05) is 11.1 Å². The van der Waals surface area contributed by atoms with Crippen molar-refractivity contribution >= 4 is 17.3 Å². The Kier molecular flexibility index (Phi) is 4.28. The molecule has 0 saturated carbocycles. The fourth-order valence-corrected chi connectivity index (χ4v) is 1.74. The highest BCUT2D eigenvalue weighted by molar-refractivity contribution is 5.95. The molecule has 0 amide bonds. The van der Waals surface area contributed by atoms with Crippen molar-refractivity contribution in [1.29, 1.82) is 0 Å². The minimum atomic E-state index is -4.27. The molecule has 4 nitrogen and oxygen atoms in total. The Hall–Kier alpha value is -1.92. The second-order valence-corrected chi connectivity index (χ2v) is 4.42. The van der Waals surface area contributed by atoms with E-state index in [1.807, 2.05) is 0 Å². The smallest absolute Gasteiger partial charge is 0.391 e. The molecule has 19 heavy (non-hydrogen) atoms. The molecule has 0 aliphatic rings. The quantitative estimate of drug-likeness (QED) is 0.739. The number of hydrogen-bond acceptors (Lipinski definition) is 3. The molecule has 0 radical (unpaired) electrons. The van der Waals surface area contributed by atoms with Crippen LogP contribution in [0.4, 0.5) is 24.5 Å². The van der Waals surface area contributed by atoms with Crippen molar-refractivity contribution in [1.82, 2.24) is 0 Å². The van der Waals surface area contributed by atoms with Gasteiger partial charge in [0.25, 0.3) is 0 Å². The molecule has 7 heteroatoms. The number of hydrogen-bond donors (Lipinski definition) is 3. The molecule has 0 aliphatic heterocycles. The summed E-state index contributed by atoms with van der Waals surface area (Å²) < 4.78 is 36.6. The number of anilines is 2. The number of aryl methyl sites for hydroxylation is 1. The van der Waals surface area contributed by atoms with Crippen LogP contribution in [0.2, 0.25) is 0 Å². The first-order chi connectivity index (χ1) is 8.60. The maximum atomic E-state index is 12.2. The predicted octanol–water partition coefficient (Wildman–Crippen LogP) is 3.03. The number of rotatable bonds is 4. The van der Waals surface area contributed by atoms with Gasteiger partial charge in [-0.25, -0.2) is 4.79 Å². The summed E-state index contributed by atoms with van der Waals surface area (Å²) in [5.74, 6) is -1.22. The highest BCUT2D eigenvalue weighted by Gasteiger charge is 2.30. The number of aromatic carboxylic acids is 1. The Labute approximate surface area is 108 Å². The van der Waals surface area contributed by atoms with Gasteiger partial charge in [0.2, 0.25) is 0 Å². The van der Waals surface area contributed by atoms with Gasteiger partial charge in [-0.1, -0.05) is 0 Å². The Morgan fingerprint density at radius 2 is 2.05 bits per heavy atom. The number of alkyl halides is 3. The van der Waals surface area contributed by atoms with Crippen LogP contribution >= 0.6 is 0 Å². The monoisotopic (exact) mass is 276 g/mol. The summed E-state index contributed by atoms with van der Waals surface area (Å²) in [6.45, 7) is 2.97. The van der Waals surface area contributed by atoms with Crippen LogP contribution < -0.4 is 11.1 Å². The van der Waals surface area contributed by atoms with E-state index in [0.29, 0.717) is 11.3 Å². The molecule has 0 bridgehead atoms. The lowest BCUT2D eigenvalue weighted by molar-refractivity contribution is -0.136. The minimum absolute atomic E-state index is 0.113. The van der Waals surface area contributed by atoms with Gasteiger partial charge in [-0.05, 0) is 31.5 Å². The molecule has 1 atom stereocenters. The average molecular weight is 276 g/mol. The molecular formula is C12H15F3N2O2. The number of benzene rings is 1. The molecule has 106 valence electrons. The minimum Gasteiger partial charge on any atom is -0.478 e. The van der Waals surface area contributed by atoms with Crippen molar-refractivity contribution in [2.24, 2.45) is 0 Å². The van der Waals surface area contributed by atoms with Crippen LogP contribution in [0, 0.1) is 6.92 Å². The third-order valence-electron chi connectivity index (χ3n) is 2.57. The fourth-order valence-electron chi connectivity index (χ4n) is 1.74. The van der Waals surface area contributed by atoms with E-state index in [4.69, 9.17) is 10.8 Å². The van der Waals surface area contributed by atoms with E-state index < -0.39 is 24.6 Å². The molecule has 1 aromatic carbocycles. The van der Waals surface area contributed by atoms with Gasteiger partial charge in [0.05, 0.1) is 12.0 Å². The van der Waals surface area contributed by atoms with E-state index in [1.165, 1.54) is 19.1 Å². The normalized spacial score (nSPS) is 13.1. The summed E-state index contributed by atoms with van der Waals surface area (Å²) in [6, 6.07) is 1.90. The zero-order chi connectivity index (χ0) is 14.8. The van der Waals surface area contributed by atoms with Crippen LogP contribution in [0.25, 0.3) is 0 Å². The first kappa shape index (κ1) is 15.1. The highest BCUT2D eigenvalue weighted by Crippen LogP contribution is 2.26. The van der Waals surface area contributed by atoms with Crippen LogP contribution in [0.15, 0.2) is 12.1 Å². The topological polar surface area (TPSA) is 75.3 Å². The summed E-state index contributed by atoms with van der Waals surface area (Å²) in [7, 11) is 0. The second-order valence-electron chi connectivity index (χ2n) is 4.42. The van der Waals surface area contributed by atoms with E-state index >= 15 is 0 Å². The first-order valence-electron chi connectivity index (χ1n) is 5.57. The van der Waals surface area contributed by atoms with Gasteiger partial charge in [0, 0.05) is 17.4 Å². The van der Waals surface area contributed by atoms with Gasteiger partial charge >= 0.3 is 12.1 Å². The first-order valence-corrected chi connectivity index (χ1v) is 5.57.